The van der Waals surface area contributed by atoms with Gasteiger partial charge in [0.15, 0.2) is 6.67 Å². The van der Waals surface area contributed by atoms with Crippen molar-refractivity contribution in [1.29, 1.82) is 0 Å². The molecule has 1 aliphatic rings. The second kappa shape index (κ2) is 7.27. The Kier molecular flexibility index (Phi) is 5.11. The van der Waals surface area contributed by atoms with Crippen LogP contribution >= 0.6 is 12.2 Å². The molecule has 1 aliphatic heterocycles. The average molecular weight is 347 g/mol. The van der Waals surface area contributed by atoms with Gasteiger partial charge in [-0.05, 0) is 31.1 Å². The molecule has 1 amide bonds. The zero-order valence-corrected chi connectivity index (χ0v) is 14.9. The maximum Gasteiger partial charge on any atom is 0.291 e. The van der Waals surface area contributed by atoms with Gasteiger partial charge >= 0.3 is 0 Å². The molecular weight excluding hydrogens is 324 g/mol. The third kappa shape index (κ3) is 3.91. The number of amides is 1. The van der Waals surface area contributed by atoms with E-state index in [0.29, 0.717) is 30.4 Å². The summed E-state index contributed by atoms with van der Waals surface area (Å²) in [5.41, 5.74) is 2.60. The first-order chi connectivity index (χ1) is 11.5. The monoisotopic (exact) mass is 347 g/mol. The highest BCUT2D eigenvalue weighted by molar-refractivity contribution is 7.71. The van der Waals surface area contributed by atoms with Gasteiger partial charge in [0.1, 0.15) is 6.54 Å². The highest BCUT2D eigenvalue weighted by atomic mass is 32.1. The molecule has 0 radical (unpaired) electrons. The summed E-state index contributed by atoms with van der Waals surface area (Å²) in [6, 6.07) is 8.37. The average Bonchev–Trinajstić information content (AvgIpc) is 3.08. The summed E-state index contributed by atoms with van der Waals surface area (Å²) < 4.78 is 7.27. The van der Waals surface area contributed by atoms with Crippen LogP contribution < -0.4 is 4.90 Å². The second-order valence-electron chi connectivity index (χ2n) is 6.40. The number of aryl methyl sites for hydroxylation is 1. The van der Waals surface area contributed by atoms with Crippen molar-refractivity contribution in [3.63, 3.8) is 0 Å². The highest BCUT2D eigenvalue weighted by Gasteiger charge is 2.22. The number of hydrogen-bond acceptors (Lipinski definition) is 4. The van der Waals surface area contributed by atoms with Gasteiger partial charge in [0.05, 0.1) is 13.6 Å². The van der Waals surface area contributed by atoms with E-state index in [4.69, 9.17) is 16.6 Å². The molecule has 1 N–H and O–H groups in total. The van der Waals surface area contributed by atoms with Crippen molar-refractivity contribution in [2.24, 2.45) is 0 Å². The fourth-order valence-corrected chi connectivity index (χ4v) is 3.19. The summed E-state index contributed by atoms with van der Waals surface area (Å²) in [6.07, 6.45) is 1.52. The Balaban J connectivity index is 1.63. The van der Waals surface area contributed by atoms with Gasteiger partial charge in [0.25, 0.3) is 4.84 Å². The molecule has 1 unspecified atom stereocenters. The van der Waals surface area contributed by atoms with Crippen molar-refractivity contribution < 1.29 is 14.1 Å². The van der Waals surface area contributed by atoms with Gasteiger partial charge in [0, 0.05) is 18.5 Å². The van der Waals surface area contributed by atoms with E-state index in [0.717, 1.165) is 19.5 Å². The van der Waals surface area contributed by atoms with Crippen molar-refractivity contribution in [1.82, 2.24) is 14.7 Å². The summed E-state index contributed by atoms with van der Waals surface area (Å²) in [7, 11) is 2.10. The van der Waals surface area contributed by atoms with E-state index in [2.05, 4.69) is 37.3 Å². The van der Waals surface area contributed by atoms with Crippen molar-refractivity contribution >= 4 is 18.1 Å². The van der Waals surface area contributed by atoms with Crippen molar-refractivity contribution in [3.8, 4) is 0 Å². The number of nitrogens with zero attached hydrogens (tertiary/aromatic N) is 3. The summed E-state index contributed by atoms with van der Waals surface area (Å²) in [4.78, 5) is 15.1. The number of rotatable bonds is 6. The van der Waals surface area contributed by atoms with Crippen LogP contribution in [0.4, 0.5) is 0 Å². The minimum Gasteiger partial charge on any atom is -0.412 e. The third-order valence-electron chi connectivity index (χ3n) is 4.32. The van der Waals surface area contributed by atoms with E-state index in [1.807, 2.05) is 6.07 Å². The lowest BCUT2D eigenvalue weighted by Gasteiger charge is -2.14. The summed E-state index contributed by atoms with van der Waals surface area (Å²) in [5.74, 6) is 0.673. The lowest BCUT2D eigenvalue weighted by atomic mass is 10.1. The molecule has 2 heterocycles. The van der Waals surface area contributed by atoms with E-state index in [1.165, 1.54) is 16.0 Å². The van der Waals surface area contributed by atoms with Crippen LogP contribution in [0.5, 0.6) is 0 Å². The molecule has 0 aliphatic carbocycles. The van der Waals surface area contributed by atoms with Crippen LogP contribution in [0.15, 0.2) is 28.7 Å². The van der Waals surface area contributed by atoms with Crippen LogP contribution in [0.2, 0.25) is 0 Å². The molecular formula is C17H23N4O2S+. The number of nitrogens with one attached hydrogen (secondary N) is 1. The Bertz CT molecular complexity index is 783. The van der Waals surface area contributed by atoms with Gasteiger partial charge in [-0.2, -0.15) is 4.68 Å². The lowest BCUT2D eigenvalue weighted by Crippen LogP contribution is -3.07. The van der Waals surface area contributed by atoms with E-state index in [9.17, 15) is 4.79 Å². The molecule has 7 heteroatoms. The van der Waals surface area contributed by atoms with E-state index >= 15 is 0 Å². The Morgan fingerprint density at radius 1 is 1.38 bits per heavy atom. The van der Waals surface area contributed by atoms with Gasteiger partial charge in [-0.25, -0.2) is 0 Å². The highest BCUT2D eigenvalue weighted by Crippen LogP contribution is 2.13. The zero-order chi connectivity index (χ0) is 17.1. The molecule has 24 heavy (non-hydrogen) atoms. The summed E-state index contributed by atoms with van der Waals surface area (Å²) >= 11 is 5.27. The molecule has 128 valence electrons. The van der Waals surface area contributed by atoms with Crippen LogP contribution in [0.25, 0.3) is 0 Å². The molecule has 1 aromatic heterocycles. The minimum absolute atomic E-state index is 0.160. The van der Waals surface area contributed by atoms with E-state index in [-0.39, 0.29) is 5.91 Å². The standard InChI is InChI=1S/C17H22N4O2S/c1-13-6-3-4-7-14(13)10-19(2)12-21-17(24)23-15(18-21)11-20-9-5-8-16(20)22/h3-4,6-7H,5,8-12H2,1-2H3/p+1. The molecule has 1 fully saturated rings. The van der Waals surface area contributed by atoms with Gasteiger partial charge in [-0.1, -0.05) is 24.3 Å². The molecule has 0 spiro atoms. The Morgan fingerprint density at radius 2 is 2.17 bits per heavy atom. The fraction of sp³-hybridized carbons (Fsp3) is 0.471. The van der Waals surface area contributed by atoms with E-state index in [1.54, 1.807) is 9.58 Å². The maximum atomic E-state index is 11.7. The van der Waals surface area contributed by atoms with Gasteiger partial charge in [-0.15, -0.1) is 5.10 Å². The summed E-state index contributed by atoms with van der Waals surface area (Å²) in [5, 5.41) is 4.44. The molecule has 2 aromatic rings. The Hall–Kier alpha value is -1.99. The van der Waals surface area contributed by atoms with Crippen LogP contribution in [0, 0.1) is 11.8 Å². The maximum absolute atomic E-state index is 11.7. The van der Waals surface area contributed by atoms with E-state index < -0.39 is 0 Å². The molecule has 6 nitrogen and oxygen atoms in total. The topological polar surface area (TPSA) is 55.7 Å². The first-order valence-electron chi connectivity index (χ1n) is 8.23. The number of hydrogen-bond donors (Lipinski definition) is 1. The molecule has 0 bridgehead atoms. The van der Waals surface area contributed by atoms with Crippen molar-refractivity contribution in [2.45, 2.75) is 39.5 Å². The Labute approximate surface area is 146 Å². The third-order valence-corrected chi connectivity index (χ3v) is 4.61. The largest absolute Gasteiger partial charge is 0.412 e. The number of likely N-dealkylation sites (tertiary alicyclic amines) is 1. The van der Waals surface area contributed by atoms with Crippen LogP contribution in [-0.2, 0) is 24.6 Å². The molecule has 0 saturated carbocycles. The van der Waals surface area contributed by atoms with Gasteiger partial charge in [0.2, 0.25) is 11.8 Å². The first-order valence-corrected chi connectivity index (χ1v) is 8.64. The van der Waals surface area contributed by atoms with Crippen molar-refractivity contribution in [2.75, 3.05) is 13.6 Å². The predicted octanol–water partition coefficient (Wildman–Crippen LogP) is 1.31. The van der Waals surface area contributed by atoms with Crippen LogP contribution in [0.3, 0.4) is 0 Å². The molecule has 3 rings (SSSR count). The number of quaternary nitrogens is 1. The molecule has 1 atom stereocenters. The minimum atomic E-state index is 0.160. The quantitative estimate of drug-likeness (QED) is 0.801. The second-order valence-corrected chi connectivity index (χ2v) is 6.75. The Morgan fingerprint density at radius 3 is 2.88 bits per heavy atom. The predicted molar refractivity (Wildman–Crippen MR) is 91.7 cm³/mol. The number of aromatic nitrogens is 2. The number of benzene rings is 1. The van der Waals surface area contributed by atoms with Crippen LogP contribution in [0.1, 0.15) is 29.9 Å². The SMILES string of the molecule is Cc1ccccc1C[NH+](C)Cn1nc(CN2CCCC2=O)oc1=S. The fourth-order valence-electron chi connectivity index (χ4n) is 2.99. The van der Waals surface area contributed by atoms with Gasteiger partial charge in [-0.3, -0.25) is 4.79 Å². The smallest absolute Gasteiger partial charge is 0.291 e. The first kappa shape index (κ1) is 16.9. The van der Waals surface area contributed by atoms with Gasteiger partial charge < -0.3 is 14.2 Å². The van der Waals surface area contributed by atoms with Crippen LogP contribution in [-0.4, -0.2) is 34.2 Å². The number of carbonyl (C=O) groups is 1. The lowest BCUT2D eigenvalue weighted by molar-refractivity contribution is -0.917. The normalized spacial score (nSPS) is 15.9. The zero-order valence-electron chi connectivity index (χ0n) is 14.1. The van der Waals surface area contributed by atoms with Crippen molar-refractivity contribution in [3.05, 3.63) is 46.1 Å². The molecule has 1 aromatic carbocycles. The summed E-state index contributed by atoms with van der Waals surface area (Å²) in [6.45, 7) is 4.82. The molecule has 1 saturated heterocycles. The number of carbonyl (C=O) groups excluding carboxylic acids is 1.